The Balaban J connectivity index is 1.34. The Morgan fingerprint density at radius 2 is 1.80 bits per heavy atom. The van der Waals surface area contributed by atoms with Gasteiger partial charge in [0.25, 0.3) is 5.91 Å². The van der Waals surface area contributed by atoms with Crippen LogP contribution in [0.5, 0.6) is 5.75 Å². The summed E-state index contributed by atoms with van der Waals surface area (Å²) in [7, 11) is 0. The van der Waals surface area contributed by atoms with Gasteiger partial charge < -0.3 is 14.6 Å². The SMILES string of the molecule is Cc1cc(/C=C(\C#N)C(=O)Nc2sc3c(c2C#N)CCCC3)c(C)n1-c1ccc(OCc2ccccc2C#N)cc1. The maximum atomic E-state index is 13.1. The lowest BCUT2D eigenvalue weighted by Crippen LogP contribution is -2.13. The smallest absolute Gasteiger partial charge is 0.266 e. The molecule has 0 fully saturated rings. The number of nitriles is 3. The zero-order valence-corrected chi connectivity index (χ0v) is 23.6. The normalized spacial score (nSPS) is 12.5. The van der Waals surface area contributed by atoms with Gasteiger partial charge >= 0.3 is 0 Å². The molecule has 0 unspecified atom stereocenters. The number of aromatic nitrogens is 1. The lowest BCUT2D eigenvalue weighted by molar-refractivity contribution is -0.112. The number of carbonyl (C=O) groups is 1. The summed E-state index contributed by atoms with van der Waals surface area (Å²) in [5, 5.41) is 32.2. The number of benzene rings is 2. The summed E-state index contributed by atoms with van der Waals surface area (Å²) in [5.41, 5.74) is 6.44. The molecule has 8 heteroatoms. The molecule has 0 saturated carbocycles. The second-order valence-electron chi connectivity index (χ2n) is 9.86. The molecule has 202 valence electrons. The molecule has 0 radical (unpaired) electrons. The summed E-state index contributed by atoms with van der Waals surface area (Å²) in [5.74, 6) is 0.159. The van der Waals surface area contributed by atoms with Gasteiger partial charge in [-0.25, -0.2) is 0 Å². The predicted octanol–water partition coefficient (Wildman–Crippen LogP) is 6.90. The van der Waals surface area contributed by atoms with E-state index in [9.17, 15) is 20.6 Å². The largest absolute Gasteiger partial charge is 0.489 e. The van der Waals surface area contributed by atoms with E-state index in [-0.39, 0.29) is 5.57 Å². The Hall–Kier alpha value is -5.10. The van der Waals surface area contributed by atoms with Crippen molar-refractivity contribution in [3.63, 3.8) is 0 Å². The van der Waals surface area contributed by atoms with Gasteiger partial charge in [-0.15, -0.1) is 11.3 Å². The van der Waals surface area contributed by atoms with Crippen LogP contribution >= 0.6 is 11.3 Å². The fourth-order valence-electron chi connectivity index (χ4n) is 5.19. The standard InChI is InChI=1S/C33H27N5O2S/c1-21-15-25(16-26(18-35)32(39)37-33-30(19-36)29-9-5-6-10-31(29)41-33)22(2)38(21)27-11-13-28(14-12-27)40-20-24-8-4-3-7-23(24)17-34/h3-4,7-8,11-16H,5-6,9-10,20H2,1-2H3,(H,37,39)/b26-16+. The molecule has 0 bridgehead atoms. The van der Waals surface area contributed by atoms with Crippen molar-refractivity contribution in [1.29, 1.82) is 15.8 Å². The van der Waals surface area contributed by atoms with Crippen LogP contribution in [-0.2, 0) is 24.2 Å². The first kappa shape index (κ1) is 27.5. The number of nitrogens with zero attached hydrogens (tertiary/aromatic N) is 4. The van der Waals surface area contributed by atoms with Crippen molar-refractivity contribution < 1.29 is 9.53 Å². The van der Waals surface area contributed by atoms with Crippen molar-refractivity contribution in [2.45, 2.75) is 46.1 Å². The van der Waals surface area contributed by atoms with E-state index >= 15 is 0 Å². The highest BCUT2D eigenvalue weighted by Crippen LogP contribution is 2.38. The molecule has 2 aromatic carbocycles. The third kappa shape index (κ3) is 5.63. The van der Waals surface area contributed by atoms with Crippen molar-refractivity contribution in [3.05, 3.63) is 104 Å². The maximum absolute atomic E-state index is 13.1. The van der Waals surface area contributed by atoms with E-state index in [0.717, 1.165) is 64.3 Å². The lowest BCUT2D eigenvalue weighted by Gasteiger charge is -2.12. The molecule has 0 saturated heterocycles. The third-order valence-corrected chi connectivity index (χ3v) is 8.48. The highest BCUT2D eigenvalue weighted by molar-refractivity contribution is 7.16. The molecular weight excluding hydrogens is 530 g/mol. The Bertz CT molecular complexity index is 1790. The van der Waals surface area contributed by atoms with Gasteiger partial charge in [0.15, 0.2) is 0 Å². The second kappa shape index (κ2) is 12.0. The molecule has 41 heavy (non-hydrogen) atoms. The fourth-order valence-corrected chi connectivity index (χ4v) is 6.42. The van der Waals surface area contributed by atoms with Gasteiger partial charge in [-0.05, 0) is 93.1 Å². The van der Waals surface area contributed by atoms with Crippen molar-refractivity contribution in [1.82, 2.24) is 4.57 Å². The van der Waals surface area contributed by atoms with E-state index in [4.69, 9.17) is 4.74 Å². The van der Waals surface area contributed by atoms with Gasteiger partial charge in [-0.2, -0.15) is 15.8 Å². The number of thiophene rings is 1. The quantitative estimate of drug-likeness (QED) is 0.196. The van der Waals surface area contributed by atoms with E-state index in [0.29, 0.717) is 28.5 Å². The Kier molecular flexibility index (Phi) is 8.01. The zero-order valence-electron chi connectivity index (χ0n) is 22.8. The second-order valence-corrected chi connectivity index (χ2v) is 11.0. The van der Waals surface area contributed by atoms with E-state index < -0.39 is 5.91 Å². The van der Waals surface area contributed by atoms with E-state index in [2.05, 4.69) is 22.0 Å². The zero-order chi connectivity index (χ0) is 28.9. The first-order chi connectivity index (χ1) is 19.9. The van der Waals surface area contributed by atoms with Crippen molar-refractivity contribution >= 4 is 28.3 Å². The van der Waals surface area contributed by atoms with Crippen LogP contribution in [0, 0.1) is 47.8 Å². The minimum absolute atomic E-state index is 0.0260. The molecule has 0 aliphatic heterocycles. The monoisotopic (exact) mass is 557 g/mol. The Labute approximate surface area is 243 Å². The third-order valence-electron chi connectivity index (χ3n) is 7.27. The number of aryl methyl sites for hydroxylation is 2. The van der Waals surface area contributed by atoms with E-state index in [1.54, 1.807) is 12.1 Å². The van der Waals surface area contributed by atoms with Crippen LogP contribution in [0.3, 0.4) is 0 Å². The van der Waals surface area contributed by atoms with Gasteiger partial charge in [0.05, 0.1) is 17.2 Å². The molecule has 1 aliphatic carbocycles. The lowest BCUT2D eigenvalue weighted by atomic mass is 9.96. The average Bonchev–Trinajstić information content (AvgIpc) is 3.49. The van der Waals surface area contributed by atoms with Crippen LogP contribution in [0.1, 0.15) is 56.9 Å². The van der Waals surface area contributed by atoms with Crippen molar-refractivity contribution in [2.75, 3.05) is 5.32 Å². The van der Waals surface area contributed by atoms with Crippen molar-refractivity contribution in [3.8, 4) is 29.6 Å². The van der Waals surface area contributed by atoms with Gasteiger partial charge in [0.2, 0.25) is 0 Å². The Morgan fingerprint density at radius 3 is 2.54 bits per heavy atom. The van der Waals surface area contributed by atoms with Crippen LogP contribution in [0.2, 0.25) is 0 Å². The number of amides is 1. The highest BCUT2D eigenvalue weighted by atomic mass is 32.1. The number of fused-ring (bicyclic) bond motifs is 1. The van der Waals surface area contributed by atoms with Gasteiger partial charge in [0, 0.05) is 27.5 Å². The molecule has 0 atom stereocenters. The highest BCUT2D eigenvalue weighted by Gasteiger charge is 2.23. The topological polar surface area (TPSA) is 115 Å². The molecule has 5 rings (SSSR count). The van der Waals surface area contributed by atoms with Gasteiger partial charge in [0.1, 0.15) is 35.1 Å². The first-order valence-corrected chi connectivity index (χ1v) is 14.1. The fraction of sp³-hybridized carbons (Fsp3) is 0.212. The van der Waals surface area contributed by atoms with Crippen molar-refractivity contribution in [2.24, 2.45) is 0 Å². The minimum atomic E-state index is -0.521. The van der Waals surface area contributed by atoms with Crippen LogP contribution in [0.15, 0.2) is 60.2 Å². The maximum Gasteiger partial charge on any atom is 0.266 e. The summed E-state index contributed by atoms with van der Waals surface area (Å²) in [6.07, 6.45) is 5.48. The molecule has 7 nitrogen and oxygen atoms in total. The summed E-state index contributed by atoms with van der Waals surface area (Å²) in [6.45, 7) is 4.20. The summed E-state index contributed by atoms with van der Waals surface area (Å²) in [6, 6.07) is 23.4. The molecule has 1 amide bonds. The van der Waals surface area contributed by atoms with Gasteiger partial charge in [-0.3, -0.25) is 4.79 Å². The van der Waals surface area contributed by atoms with E-state index in [1.165, 1.54) is 11.3 Å². The number of anilines is 1. The minimum Gasteiger partial charge on any atom is -0.489 e. The Morgan fingerprint density at radius 1 is 1.05 bits per heavy atom. The average molecular weight is 558 g/mol. The van der Waals surface area contributed by atoms with Crippen LogP contribution < -0.4 is 10.1 Å². The molecule has 2 heterocycles. The molecule has 2 aromatic heterocycles. The number of nitrogens with one attached hydrogen (secondary N) is 1. The summed E-state index contributed by atoms with van der Waals surface area (Å²) >= 11 is 1.44. The molecule has 0 spiro atoms. The summed E-state index contributed by atoms with van der Waals surface area (Å²) in [4.78, 5) is 14.3. The summed E-state index contributed by atoms with van der Waals surface area (Å²) < 4.78 is 7.96. The number of hydrogen-bond donors (Lipinski definition) is 1. The van der Waals surface area contributed by atoms with Crippen LogP contribution in [0.4, 0.5) is 5.00 Å². The number of rotatable bonds is 7. The number of hydrogen-bond acceptors (Lipinski definition) is 6. The number of carbonyl (C=O) groups excluding carboxylic acids is 1. The number of ether oxygens (including phenoxy) is 1. The molecule has 4 aromatic rings. The molecule has 1 N–H and O–H groups in total. The molecule has 1 aliphatic rings. The van der Waals surface area contributed by atoms with Gasteiger partial charge in [-0.1, -0.05) is 18.2 Å². The molecular formula is C33H27N5O2S. The predicted molar refractivity (Wildman–Crippen MR) is 159 cm³/mol. The van der Waals surface area contributed by atoms with Crippen LogP contribution in [-0.4, -0.2) is 10.5 Å². The first-order valence-electron chi connectivity index (χ1n) is 13.3. The van der Waals surface area contributed by atoms with E-state index in [1.807, 2.05) is 68.4 Å². The van der Waals surface area contributed by atoms with Crippen LogP contribution in [0.25, 0.3) is 11.8 Å².